The zero-order chi connectivity index (χ0) is 13.1. The summed E-state index contributed by atoms with van der Waals surface area (Å²) in [5.74, 6) is -0.607. The molecule has 1 aromatic carbocycles. The van der Waals surface area contributed by atoms with Gasteiger partial charge in [0.1, 0.15) is 0 Å². The molecule has 0 bridgehead atoms. The summed E-state index contributed by atoms with van der Waals surface area (Å²) in [6, 6.07) is 7.29. The summed E-state index contributed by atoms with van der Waals surface area (Å²) >= 11 is 3.25. The van der Waals surface area contributed by atoms with Crippen molar-refractivity contribution in [1.82, 2.24) is 5.16 Å². The highest BCUT2D eigenvalue weighted by molar-refractivity contribution is 8.01. The zero-order valence-corrected chi connectivity index (χ0v) is 11.5. The Morgan fingerprint density at radius 1 is 1.33 bits per heavy atom. The molecular weight excluding hydrogens is 270 g/mol. The number of carboxylic acid groups (broad SMARTS) is 1. The molecule has 0 saturated heterocycles. The number of aromatic carboxylic acids is 1. The standard InChI is InChI=1S/C12H11NO3S2/c1-17-10-5-3-4-7(11(10)18-2)9-6-8(12(14)15)13-16-9/h3-6H,1-2H3,(H,14,15). The van der Waals surface area contributed by atoms with E-state index < -0.39 is 5.97 Å². The van der Waals surface area contributed by atoms with Gasteiger partial charge in [-0.15, -0.1) is 23.5 Å². The van der Waals surface area contributed by atoms with Crippen molar-refractivity contribution in [2.45, 2.75) is 9.79 Å². The molecule has 1 N–H and O–H groups in total. The molecule has 0 unspecified atom stereocenters. The third kappa shape index (κ3) is 2.39. The van der Waals surface area contributed by atoms with Gasteiger partial charge in [-0.25, -0.2) is 4.79 Å². The van der Waals surface area contributed by atoms with Crippen LogP contribution in [0.25, 0.3) is 11.3 Å². The molecule has 1 heterocycles. The first-order valence-corrected chi connectivity index (χ1v) is 7.53. The van der Waals surface area contributed by atoms with Crippen molar-refractivity contribution < 1.29 is 14.4 Å². The van der Waals surface area contributed by atoms with Crippen molar-refractivity contribution in [1.29, 1.82) is 0 Å². The lowest BCUT2D eigenvalue weighted by molar-refractivity contribution is 0.0686. The summed E-state index contributed by atoms with van der Waals surface area (Å²) in [7, 11) is 0. The van der Waals surface area contributed by atoms with Crippen LogP contribution in [0.3, 0.4) is 0 Å². The molecule has 0 aliphatic heterocycles. The zero-order valence-electron chi connectivity index (χ0n) is 9.84. The number of carbonyl (C=O) groups is 1. The first-order valence-electron chi connectivity index (χ1n) is 5.08. The Hall–Kier alpha value is -1.40. The van der Waals surface area contributed by atoms with Crippen molar-refractivity contribution in [2.75, 3.05) is 12.5 Å². The molecule has 0 amide bonds. The van der Waals surface area contributed by atoms with Crippen LogP contribution in [0.1, 0.15) is 10.5 Å². The van der Waals surface area contributed by atoms with Crippen molar-refractivity contribution >= 4 is 29.5 Å². The normalized spacial score (nSPS) is 10.6. The third-order valence-electron chi connectivity index (χ3n) is 2.40. The molecule has 6 heteroatoms. The smallest absolute Gasteiger partial charge is 0.358 e. The second kappa shape index (κ2) is 5.49. The molecule has 0 fully saturated rings. The van der Waals surface area contributed by atoms with Gasteiger partial charge in [0.25, 0.3) is 0 Å². The number of hydrogen-bond donors (Lipinski definition) is 1. The Morgan fingerprint density at radius 2 is 2.11 bits per heavy atom. The predicted octanol–water partition coefficient (Wildman–Crippen LogP) is 3.48. The number of nitrogens with zero attached hydrogens (tertiary/aromatic N) is 1. The maximum Gasteiger partial charge on any atom is 0.358 e. The number of hydrogen-bond acceptors (Lipinski definition) is 5. The fourth-order valence-electron chi connectivity index (χ4n) is 1.58. The lowest BCUT2D eigenvalue weighted by atomic mass is 10.1. The van der Waals surface area contributed by atoms with Crippen LogP contribution in [0.5, 0.6) is 0 Å². The molecule has 2 rings (SSSR count). The minimum atomic E-state index is -1.09. The average molecular weight is 281 g/mol. The Labute approximate surface area is 113 Å². The van der Waals surface area contributed by atoms with Crippen LogP contribution in [-0.2, 0) is 0 Å². The van der Waals surface area contributed by atoms with Crippen molar-refractivity contribution in [2.24, 2.45) is 0 Å². The molecule has 0 radical (unpaired) electrons. The highest BCUT2D eigenvalue weighted by atomic mass is 32.2. The number of aromatic nitrogens is 1. The molecule has 0 atom stereocenters. The van der Waals surface area contributed by atoms with Crippen molar-refractivity contribution in [3.05, 3.63) is 30.0 Å². The fourth-order valence-corrected chi connectivity index (χ4v) is 3.25. The predicted molar refractivity (Wildman–Crippen MR) is 72.5 cm³/mol. The minimum absolute atomic E-state index is 0.0772. The molecule has 0 spiro atoms. The molecule has 18 heavy (non-hydrogen) atoms. The molecule has 0 aliphatic rings. The van der Waals surface area contributed by atoms with Crippen molar-refractivity contribution in [3.63, 3.8) is 0 Å². The van der Waals surface area contributed by atoms with E-state index in [1.807, 2.05) is 30.7 Å². The Bertz CT molecular complexity index is 580. The maximum absolute atomic E-state index is 10.8. The van der Waals surface area contributed by atoms with Crippen LogP contribution in [0.15, 0.2) is 38.6 Å². The molecule has 94 valence electrons. The molecule has 4 nitrogen and oxygen atoms in total. The van der Waals surface area contributed by atoms with Crippen LogP contribution < -0.4 is 0 Å². The Morgan fingerprint density at radius 3 is 2.67 bits per heavy atom. The van der Waals surface area contributed by atoms with Crippen LogP contribution in [-0.4, -0.2) is 28.7 Å². The summed E-state index contributed by atoms with van der Waals surface area (Å²) in [4.78, 5) is 13.0. The largest absolute Gasteiger partial charge is 0.476 e. The molecule has 2 aromatic rings. The molecule has 0 saturated carbocycles. The SMILES string of the molecule is CSc1cccc(-c2cc(C(=O)O)no2)c1SC. The molecule has 0 aliphatic carbocycles. The minimum Gasteiger partial charge on any atom is -0.476 e. The van der Waals surface area contributed by atoms with Crippen LogP contribution >= 0.6 is 23.5 Å². The topological polar surface area (TPSA) is 63.3 Å². The van der Waals surface area contributed by atoms with E-state index in [4.69, 9.17) is 9.63 Å². The van der Waals surface area contributed by atoms with Crippen molar-refractivity contribution in [3.8, 4) is 11.3 Å². The summed E-state index contributed by atoms with van der Waals surface area (Å²) in [5, 5.41) is 12.4. The van der Waals surface area contributed by atoms with Gasteiger partial charge in [0.05, 0.1) is 0 Å². The Kier molecular flexibility index (Phi) is 3.98. The van der Waals surface area contributed by atoms with Gasteiger partial charge < -0.3 is 9.63 Å². The second-order valence-corrected chi connectivity index (χ2v) is 5.09. The number of benzene rings is 1. The number of rotatable bonds is 4. The van der Waals surface area contributed by atoms with Crippen LogP contribution in [0.2, 0.25) is 0 Å². The highest BCUT2D eigenvalue weighted by Gasteiger charge is 2.16. The summed E-state index contributed by atoms with van der Waals surface area (Å²) in [6.07, 6.45) is 3.98. The number of thioether (sulfide) groups is 2. The van der Waals surface area contributed by atoms with Crippen LogP contribution in [0, 0.1) is 0 Å². The lowest BCUT2D eigenvalue weighted by Gasteiger charge is -2.08. The summed E-state index contributed by atoms with van der Waals surface area (Å²) in [6.45, 7) is 0. The van der Waals surface area contributed by atoms with E-state index in [0.717, 1.165) is 15.4 Å². The van der Waals surface area contributed by atoms with Gasteiger partial charge in [0.15, 0.2) is 11.5 Å². The van der Waals surface area contributed by atoms with Gasteiger partial charge in [-0.05, 0) is 24.6 Å². The van der Waals surface area contributed by atoms with E-state index in [-0.39, 0.29) is 5.69 Å². The lowest BCUT2D eigenvalue weighted by Crippen LogP contribution is -1.94. The third-order valence-corrected chi connectivity index (χ3v) is 4.15. The quantitative estimate of drug-likeness (QED) is 0.866. The summed E-state index contributed by atoms with van der Waals surface area (Å²) < 4.78 is 5.10. The number of carboxylic acids is 1. The second-order valence-electron chi connectivity index (χ2n) is 3.42. The van der Waals surface area contributed by atoms with E-state index in [9.17, 15) is 4.79 Å². The van der Waals surface area contributed by atoms with E-state index in [1.54, 1.807) is 23.5 Å². The van der Waals surface area contributed by atoms with Gasteiger partial charge in [-0.2, -0.15) is 0 Å². The monoisotopic (exact) mass is 281 g/mol. The van der Waals surface area contributed by atoms with Gasteiger partial charge in [-0.3, -0.25) is 0 Å². The molecular formula is C12H11NO3S2. The van der Waals surface area contributed by atoms with Crippen LogP contribution in [0.4, 0.5) is 0 Å². The van der Waals surface area contributed by atoms with E-state index in [1.165, 1.54) is 6.07 Å². The van der Waals surface area contributed by atoms with Gasteiger partial charge >= 0.3 is 5.97 Å². The van der Waals surface area contributed by atoms with E-state index in [0.29, 0.717) is 5.76 Å². The first-order chi connectivity index (χ1) is 8.67. The Balaban J connectivity index is 2.52. The highest BCUT2D eigenvalue weighted by Crippen LogP contribution is 2.37. The van der Waals surface area contributed by atoms with Gasteiger partial charge in [-0.1, -0.05) is 11.2 Å². The summed E-state index contributed by atoms with van der Waals surface area (Å²) in [5.41, 5.74) is 0.793. The van der Waals surface area contributed by atoms with E-state index >= 15 is 0 Å². The fraction of sp³-hybridized carbons (Fsp3) is 0.167. The maximum atomic E-state index is 10.8. The molecule has 1 aromatic heterocycles. The average Bonchev–Trinajstić information content (AvgIpc) is 2.87. The van der Waals surface area contributed by atoms with Gasteiger partial charge in [0.2, 0.25) is 0 Å². The first kappa shape index (κ1) is 13.0. The van der Waals surface area contributed by atoms with E-state index in [2.05, 4.69) is 5.16 Å². The van der Waals surface area contributed by atoms with Gasteiger partial charge in [0, 0.05) is 21.4 Å².